The van der Waals surface area contributed by atoms with Gasteiger partial charge in [0.25, 0.3) is 0 Å². The van der Waals surface area contributed by atoms with Gasteiger partial charge >= 0.3 is 5.97 Å². The van der Waals surface area contributed by atoms with Crippen molar-refractivity contribution < 1.29 is 14.3 Å². The van der Waals surface area contributed by atoms with Gasteiger partial charge in [-0.1, -0.05) is 47.1 Å². The lowest BCUT2D eigenvalue weighted by molar-refractivity contribution is -0.113. The van der Waals surface area contributed by atoms with Crippen LogP contribution >= 0.6 is 23.4 Å². The van der Waals surface area contributed by atoms with Gasteiger partial charge in [-0.2, -0.15) is 0 Å². The van der Waals surface area contributed by atoms with Gasteiger partial charge < -0.3 is 10.1 Å². The van der Waals surface area contributed by atoms with Crippen molar-refractivity contribution in [2.45, 2.75) is 32.0 Å². The van der Waals surface area contributed by atoms with E-state index in [0.717, 1.165) is 11.1 Å². The molecule has 0 saturated heterocycles. The number of aryl methyl sites for hydroxylation is 1. The van der Waals surface area contributed by atoms with Gasteiger partial charge in [0.1, 0.15) is 0 Å². The Kier molecular flexibility index (Phi) is 7.12. The van der Waals surface area contributed by atoms with Gasteiger partial charge in [-0.3, -0.25) is 9.89 Å². The molecule has 0 aliphatic carbocycles. The zero-order chi connectivity index (χ0) is 21.7. The van der Waals surface area contributed by atoms with Crippen LogP contribution in [0.2, 0.25) is 5.02 Å². The number of hydrogen-bond acceptors (Lipinski definition) is 6. The van der Waals surface area contributed by atoms with Crippen molar-refractivity contribution >= 4 is 40.9 Å². The van der Waals surface area contributed by atoms with Crippen LogP contribution in [0.3, 0.4) is 0 Å². The smallest absolute Gasteiger partial charge is 0.338 e. The van der Waals surface area contributed by atoms with E-state index in [4.69, 9.17) is 16.3 Å². The van der Waals surface area contributed by atoms with Crippen LogP contribution < -0.4 is 5.32 Å². The van der Waals surface area contributed by atoms with E-state index in [1.165, 1.54) is 17.8 Å². The lowest BCUT2D eigenvalue weighted by atomic mass is 10.1. The van der Waals surface area contributed by atoms with Crippen molar-refractivity contribution in [3.63, 3.8) is 0 Å². The quantitative estimate of drug-likeness (QED) is 0.404. The standard InChI is InChI=1S/C21H21ClN4O3S/c1-12(2)29-20(28)15-7-8-16(22)17(10-15)23-18(27)11-30-21-24-19(25-26-21)14-6-4-5-13(3)9-14/h4-10,12H,11H2,1-3H3,(H,23,27)(H,24,25,26). The predicted molar refractivity (Wildman–Crippen MR) is 118 cm³/mol. The van der Waals surface area contributed by atoms with Crippen LogP contribution in [0.1, 0.15) is 29.8 Å². The number of halogens is 1. The Hall–Kier alpha value is -2.84. The molecule has 0 unspecified atom stereocenters. The Morgan fingerprint density at radius 1 is 1.23 bits per heavy atom. The molecule has 2 aromatic carbocycles. The minimum absolute atomic E-state index is 0.0854. The number of hydrogen-bond donors (Lipinski definition) is 2. The number of H-pyrrole nitrogens is 1. The molecular weight excluding hydrogens is 424 g/mol. The third-order valence-corrected chi connectivity index (χ3v) is 5.08. The van der Waals surface area contributed by atoms with Crippen molar-refractivity contribution in [2.24, 2.45) is 0 Å². The summed E-state index contributed by atoms with van der Waals surface area (Å²) in [4.78, 5) is 28.8. The number of nitrogens with zero attached hydrogens (tertiary/aromatic N) is 2. The third kappa shape index (κ3) is 5.84. The van der Waals surface area contributed by atoms with Crippen LogP contribution in [-0.2, 0) is 9.53 Å². The maximum atomic E-state index is 12.3. The molecule has 1 heterocycles. The van der Waals surface area contributed by atoms with Crippen molar-refractivity contribution in [1.82, 2.24) is 15.2 Å². The van der Waals surface area contributed by atoms with Crippen molar-refractivity contribution in [1.29, 1.82) is 0 Å². The summed E-state index contributed by atoms with van der Waals surface area (Å²) < 4.78 is 5.17. The van der Waals surface area contributed by atoms with E-state index in [-0.39, 0.29) is 17.8 Å². The summed E-state index contributed by atoms with van der Waals surface area (Å²) in [5.74, 6) is -0.0441. The summed E-state index contributed by atoms with van der Waals surface area (Å²) in [5.41, 5.74) is 2.70. The molecule has 3 aromatic rings. The summed E-state index contributed by atoms with van der Waals surface area (Å²) >= 11 is 7.34. The monoisotopic (exact) mass is 444 g/mol. The van der Waals surface area contributed by atoms with Crippen LogP contribution in [0.5, 0.6) is 0 Å². The van der Waals surface area contributed by atoms with Crippen LogP contribution in [0.4, 0.5) is 5.69 Å². The molecule has 1 amide bonds. The van der Waals surface area contributed by atoms with Gasteiger partial charge in [-0.15, -0.1) is 5.10 Å². The average Bonchev–Trinajstić information content (AvgIpc) is 3.17. The van der Waals surface area contributed by atoms with Crippen molar-refractivity contribution in [3.8, 4) is 11.4 Å². The number of carbonyl (C=O) groups excluding carboxylic acids is 2. The molecule has 1 aromatic heterocycles. The van der Waals surface area contributed by atoms with Gasteiger partial charge in [-0.05, 0) is 45.0 Å². The number of carbonyl (C=O) groups is 2. The number of ether oxygens (including phenoxy) is 1. The van der Waals surface area contributed by atoms with Crippen LogP contribution in [-0.4, -0.2) is 38.9 Å². The third-order valence-electron chi connectivity index (χ3n) is 3.91. The summed E-state index contributed by atoms with van der Waals surface area (Å²) in [7, 11) is 0. The van der Waals surface area contributed by atoms with E-state index in [1.807, 2.05) is 31.2 Å². The van der Waals surface area contributed by atoms with Crippen LogP contribution in [0, 0.1) is 6.92 Å². The fraction of sp³-hybridized carbons (Fsp3) is 0.238. The zero-order valence-electron chi connectivity index (χ0n) is 16.7. The Balaban J connectivity index is 1.61. The molecule has 0 saturated carbocycles. The first-order valence-corrected chi connectivity index (χ1v) is 10.6. The highest BCUT2D eigenvalue weighted by Gasteiger charge is 2.14. The largest absolute Gasteiger partial charge is 0.459 e. The van der Waals surface area contributed by atoms with E-state index in [0.29, 0.717) is 27.3 Å². The summed E-state index contributed by atoms with van der Waals surface area (Å²) in [6.07, 6.45) is -0.242. The van der Waals surface area contributed by atoms with E-state index >= 15 is 0 Å². The summed E-state index contributed by atoms with van der Waals surface area (Å²) in [6, 6.07) is 12.5. The second-order valence-corrected chi connectivity index (χ2v) is 8.17. The number of aromatic amines is 1. The van der Waals surface area contributed by atoms with E-state index in [1.54, 1.807) is 26.0 Å². The topological polar surface area (TPSA) is 97.0 Å². The predicted octanol–water partition coefficient (Wildman–Crippen LogP) is 4.73. The number of amides is 1. The minimum Gasteiger partial charge on any atom is -0.459 e. The van der Waals surface area contributed by atoms with E-state index < -0.39 is 5.97 Å². The lowest BCUT2D eigenvalue weighted by Crippen LogP contribution is -2.16. The SMILES string of the molecule is Cc1cccc(-c2nc(SCC(=O)Nc3cc(C(=O)OC(C)C)ccc3Cl)n[nH]2)c1. The molecule has 156 valence electrons. The zero-order valence-corrected chi connectivity index (χ0v) is 18.3. The maximum absolute atomic E-state index is 12.3. The Morgan fingerprint density at radius 3 is 2.77 bits per heavy atom. The summed E-state index contributed by atoms with van der Waals surface area (Å²) in [5, 5.41) is 10.5. The Morgan fingerprint density at radius 2 is 2.03 bits per heavy atom. The molecule has 0 atom stereocenters. The Bertz CT molecular complexity index is 1070. The number of nitrogens with one attached hydrogen (secondary N) is 2. The van der Waals surface area contributed by atoms with Gasteiger partial charge in [0.15, 0.2) is 5.82 Å². The van der Waals surface area contributed by atoms with Crippen molar-refractivity contribution in [2.75, 3.05) is 11.1 Å². The molecule has 0 fully saturated rings. The number of rotatable bonds is 7. The first kappa shape index (κ1) is 21.9. The number of thioether (sulfide) groups is 1. The lowest BCUT2D eigenvalue weighted by Gasteiger charge is -2.11. The molecule has 0 bridgehead atoms. The van der Waals surface area contributed by atoms with Gasteiger partial charge in [0, 0.05) is 5.56 Å². The molecular formula is C21H21ClN4O3S. The van der Waals surface area contributed by atoms with Gasteiger partial charge in [0.2, 0.25) is 11.1 Å². The molecule has 7 nitrogen and oxygen atoms in total. The number of esters is 1. The molecule has 0 aliphatic heterocycles. The number of benzene rings is 2. The van der Waals surface area contributed by atoms with Gasteiger partial charge in [0.05, 0.1) is 28.1 Å². The highest BCUT2D eigenvalue weighted by atomic mass is 35.5. The molecule has 3 rings (SSSR count). The van der Waals surface area contributed by atoms with Crippen LogP contribution in [0.15, 0.2) is 47.6 Å². The van der Waals surface area contributed by atoms with E-state index in [2.05, 4.69) is 20.5 Å². The molecule has 2 N–H and O–H groups in total. The fourth-order valence-corrected chi connectivity index (χ4v) is 3.34. The number of aromatic nitrogens is 3. The first-order chi connectivity index (χ1) is 14.3. The second-order valence-electron chi connectivity index (χ2n) is 6.82. The van der Waals surface area contributed by atoms with Crippen molar-refractivity contribution in [3.05, 3.63) is 58.6 Å². The molecule has 0 spiro atoms. The van der Waals surface area contributed by atoms with Gasteiger partial charge in [-0.25, -0.2) is 9.78 Å². The van der Waals surface area contributed by atoms with Crippen LogP contribution in [0.25, 0.3) is 11.4 Å². The minimum atomic E-state index is -0.476. The first-order valence-electron chi connectivity index (χ1n) is 9.24. The highest BCUT2D eigenvalue weighted by molar-refractivity contribution is 7.99. The maximum Gasteiger partial charge on any atom is 0.338 e. The summed E-state index contributed by atoms with van der Waals surface area (Å²) in [6.45, 7) is 5.53. The molecule has 0 radical (unpaired) electrons. The molecule has 0 aliphatic rings. The number of anilines is 1. The molecule has 9 heteroatoms. The second kappa shape index (κ2) is 9.77. The normalized spacial score (nSPS) is 10.8. The fourth-order valence-electron chi connectivity index (χ4n) is 2.58. The van der Waals surface area contributed by atoms with E-state index in [9.17, 15) is 9.59 Å². The average molecular weight is 445 g/mol. The highest BCUT2D eigenvalue weighted by Crippen LogP contribution is 2.25. The molecule has 30 heavy (non-hydrogen) atoms. The Labute approximate surface area is 183 Å².